The smallest absolute Gasteiger partial charge is 0.138 e. The second kappa shape index (κ2) is 8.05. The van der Waals surface area contributed by atoms with Gasteiger partial charge >= 0.3 is 0 Å². The molecule has 4 nitrogen and oxygen atoms in total. The average molecular weight is 418 g/mol. The van der Waals surface area contributed by atoms with E-state index < -0.39 is 0 Å². The van der Waals surface area contributed by atoms with Crippen LogP contribution in [0.25, 0.3) is 6.08 Å². The van der Waals surface area contributed by atoms with Crippen LogP contribution >= 0.6 is 22.9 Å². The van der Waals surface area contributed by atoms with Crippen molar-refractivity contribution in [1.29, 1.82) is 0 Å². The Morgan fingerprint density at radius 2 is 2.11 bits per heavy atom. The first-order valence-corrected chi connectivity index (χ1v) is 11.3. The molecular formula is C22H28ClN3OS. The summed E-state index contributed by atoms with van der Waals surface area (Å²) in [6.07, 6.45) is 10.3. The van der Waals surface area contributed by atoms with E-state index in [0.717, 1.165) is 38.0 Å². The minimum atomic E-state index is 0.0333. The molecule has 0 saturated heterocycles. The summed E-state index contributed by atoms with van der Waals surface area (Å²) in [4.78, 5) is 5.42. The fraction of sp³-hybridized carbons (Fsp3) is 0.500. The maximum absolute atomic E-state index is 6.74. The number of hydrogen-bond donors (Lipinski definition) is 2. The number of halogens is 1. The highest BCUT2D eigenvalue weighted by atomic mass is 35.5. The Bertz CT molecular complexity index is 842. The number of fused-ring (bicyclic) bond motifs is 1. The molecule has 1 saturated carbocycles. The molecule has 28 heavy (non-hydrogen) atoms. The average Bonchev–Trinajstić information content (AvgIpc) is 3.23. The van der Waals surface area contributed by atoms with Crippen molar-refractivity contribution < 1.29 is 4.74 Å². The molecule has 3 N–H and O–H groups in total. The number of thiazole rings is 1. The van der Waals surface area contributed by atoms with Gasteiger partial charge in [0.05, 0.1) is 16.6 Å². The molecule has 1 aromatic heterocycles. The van der Waals surface area contributed by atoms with Crippen molar-refractivity contribution in [3.05, 3.63) is 51.1 Å². The van der Waals surface area contributed by atoms with Crippen LogP contribution in [0.2, 0.25) is 5.02 Å². The van der Waals surface area contributed by atoms with E-state index in [0.29, 0.717) is 10.9 Å². The number of nitrogens with zero attached hydrogens (tertiary/aromatic N) is 1. The van der Waals surface area contributed by atoms with E-state index in [4.69, 9.17) is 22.1 Å². The maximum Gasteiger partial charge on any atom is 0.138 e. The third-order valence-corrected chi connectivity index (χ3v) is 7.71. The molecule has 2 heterocycles. The van der Waals surface area contributed by atoms with E-state index in [-0.39, 0.29) is 17.6 Å². The van der Waals surface area contributed by atoms with Crippen LogP contribution in [0.5, 0.6) is 5.75 Å². The molecule has 0 bridgehead atoms. The van der Waals surface area contributed by atoms with Gasteiger partial charge in [-0.25, -0.2) is 0 Å². The van der Waals surface area contributed by atoms with Gasteiger partial charge in [-0.3, -0.25) is 4.98 Å². The molecule has 0 radical (unpaired) electrons. The van der Waals surface area contributed by atoms with Crippen LogP contribution in [0.1, 0.15) is 61.6 Å². The molecule has 2 aliphatic rings. The Hall–Kier alpha value is -1.56. The van der Waals surface area contributed by atoms with E-state index in [9.17, 15) is 0 Å². The second-order valence-electron chi connectivity index (χ2n) is 8.28. The molecule has 150 valence electrons. The Balaban J connectivity index is 1.47. The molecule has 2 aromatic rings. The molecule has 1 fully saturated rings. The molecule has 1 aromatic carbocycles. The molecule has 1 atom stereocenters. The zero-order chi connectivity index (χ0) is 19.7. The normalized spacial score (nSPS) is 25.2. The van der Waals surface area contributed by atoms with Gasteiger partial charge < -0.3 is 15.8 Å². The predicted octanol–water partition coefficient (Wildman–Crippen LogP) is 5.53. The minimum absolute atomic E-state index is 0.0333. The summed E-state index contributed by atoms with van der Waals surface area (Å²) in [5, 5.41) is 3.91. The van der Waals surface area contributed by atoms with E-state index in [1.807, 2.05) is 24.0 Å². The lowest BCUT2D eigenvalue weighted by atomic mass is 9.62. The topological polar surface area (TPSA) is 60.2 Å². The SMILES string of the molecule is CC(C)C1(C(N)c2cncs2)CCC(Oc2cc3c(cc2Cl)CNC=C3)CC1. The number of benzene rings is 1. The summed E-state index contributed by atoms with van der Waals surface area (Å²) in [6.45, 7) is 5.40. The van der Waals surface area contributed by atoms with Crippen molar-refractivity contribution >= 4 is 29.0 Å². The molecule has 1 unspecified atom stereocenters. The van der Waals surface area contributed by atoms with Crippen LogP contribution in [-0.4, -0.2) is 11.1 Å². The molecule has 4 rings (SSSR count). The zero-order valence-corrected chi connectivity index (χ0v) is 18.0. The Morgan fingerprint density at radius 3 is 2.79 bits per heavy atom. The molecule has 1 aliphatic carbocycles. The first kappa shape index (κ1) is 19.7. The lowest BCUT2D eigenvalue weighted by Crippen LogP contribution is -2.43. The highest BCUT2D eigenvalue weighted by Gasteiger charge is 2.44. The third-order valence-electron chi connectivity index (χ3n) is 6.55. The minimum Gasteiger partial charge on any atom is -0.489 e. The molecular weight excluding hydrogens is 390 g/mol. The van der Waals surface area contributed by atoms with Gasteiger partial charge in [0.15, 0.2) is 0 Å². The van der Waals surface area contributed by atoms with Crippen molar-refractivity contribution in [2.24, 2.45) is 17.1 Å². The van der Waals surface area contributed by atoms with Gasteiger partial charge in [0, 0.05) is 23.7 Å². The van der Waals surface area contributed by atoms with Crippen LogP contribution in [-0.2, 0) is 6.54 Å². The Morgan fingerprint density at radius 1 is 1.32 bits per heavy atom. The van der Waals surface area contributed by atoms with Crippen molar-refractivity contribution in [2.45, 2.75) is 58.2 Å². The molecule has 6 heteroatoms. The largest absolute Gasteiger partial charge is 0.489 e. The summed E-state index contributed by atoms with van der Waals surface area (Å²) < 4.78 is 6.36. The van der Waals surface area contributed by atoms with Gasteiger partial charge in [-0.05, 0) is 72.6 Å². The summed E-state index contributed by atoms with van der Waals surface area (Å²) in [7, 11) is 0. The first-order valence-electron chi connectivity index (χ1n) is 10.0. The van der Waals surface area contributed by atoms with Crippen molar-refractivity contribution in [1.82, 2.24) is 10.3 Å². The molecule has 1 aliphatic heterocycles. The summed E-state index contributed by atoms with van der Waals surface area (Å²) in [6, 6.07) is 4.12. The van der Waals surface area contributed by atoms with Crippen LogP contribution in [0.4, 0.5) is 0 Å². The van der Waals surface area contributed by atoms with E-state index in [1.165, 1.54) is 16.0 Å². The standard InChI is InChI=1S/C22H28ClN3OS/c1-14(2)22(21(24)20-12-26-13-28-20)6-3-17(4-7-22)27-19-10-15-5-8-25-11-16(15)9-18(19)23/h5,8-10,12-14,17,21,25H,3-4,6-7,11,24H2,1-2H3. The quantitative estimate of drug-likeness (QED) is 0.671. The number of aromatic nitrogens is 1. The van der Waals surface area contributed by atoms with Gasteiger partial charge in [0.1, 0.15) is 5.75 Å². The number of nitrogens with one attached hydrogen (secondary N) is 1. The summed E-state index contributed by atoms with van der Waals surface area (Å²) in [5.74, 6) is 1.30. The Kier molecular flexibility index (Phi) is 5.68. The first-order chi connectivity index (χ1) is 13.5. The number of ether oxygens (including phenoxy) is 1. The summed E-state index contributed by atoms with van der Waals surface area (Å²) in [5.41, 5.74) is 11.1. The van der Waals surface area contributed by atoms with Gasteiger partial charge in [-0.1, -0.05) is 25.4 Å². The lowest BCUT2D eigenvalue weighted by Gasteiger charge is -2.46. The number of rotatable bonds is 5. The summed E-state index contributed by atoms with van der Waals surface area (Å²) >= 11 is 8.17. The van der Waals surface area contributed by atoms with Gasteiger partial charge in [0.2, 0.25) is 0 Å². The van der Waals surface area contributed by atoms with Crippen LogP contribution in [0, 0.1) is 11.3 Å². The Labute approximate surface area is 176 Å². The fourth-order valence-electron chi connectivity index (χ4n) is 4.66. The third kappa shape index (κ3) is 3.68. The van der Waals surface area contributed by atoms with E-state index in [1.54, 1.807) is 11.3 Å². The fourth-order valence-corrected chi connectivity index (χ4v) is 5.64. The van der Waals surface area contributed by atoms with Crippen molar-refractivity contribution in [3.8, 4) is 5.75 Å². The monoisotopic (exact) mass is 417 g/mol. The second-order valence-corrected chi connectivity index (χ2v) is 9.61. The highest BCUT2D eigenvalue weighted by Crippen LogP contribution is 2.51. The van der Waals surface area contributed by atoms with Crippen LogP contribution < -0.4 is 15.8 Å². The van der Waals surface area contributed by atoms with Gasteiger partial charge in [0.25, 0.3) is 0 Å². The van der Waals surface area contributed by atoms with Crippen LogP contribution in [0.15, 0.2) is 30.0 Å². The van der Waals surface area contributed by atoms with Crippen molar-refractivity contribution in [3.63, 3.8) is 0 Å². The maximum atomic E-state index is 6.74. The number of hydrogen-bond acceptors (Lipinski definition) is 5. The van der Waals surface area contributed by atoms with Gasteiger partial charge in [-0.2, -0.15) is 0 Å². The van der Waals surface area contributed by atoms with E-state index in [2.05, 4.69) is 36.3 Å². The van der Waals surface area contributed by atoms with Gasteiger partial charge in [-0.15, -0.1) is 11.3 Å². The zero-order valence-electron chi connectivity index (χ0n) is 16.5. The highest BCUT2D eigenvalue weighted by molar-refractivity contribution is 7.09. The molecule has 0 amide bonds. The van der Waals surface area contributed by atoms with Crippen molar-refractivity contribution in [2.75, 3.05) is 0 Å². The van der Waals surface area contributed by atoms with Crippen LogP contribution in [0.3, 0.4) is 0 Å². The lowest BCUT2D eigenvalue weighted by molar-refractivity contribution is 0.0269. The molecule has 0 spiro atoms. The predicted molar refractivity (Wildman–Crippen MR) is 117 cm³/mol. The number of nitrogens with two attached hydrogens (primary N) is 1. The van der Waals surface area contributed by atoms with E-state index >= 15 is 0 Å².